The van der Waals surface area contributed by atoms with Crippen molar-refractivity contribution < 1.29 is 14.3 Å². The van der Waals surface area contributed by atoms with Crippen LogP contribution in [-0.2, 0) is 14.3 Å². The van der Waals surface area contributed by atoms with E-state index in [0.717, 1.165) is 0 Å². The van der Waals surface area contributed by atoms with E-state index in [0.29, 0.717) is 0 Å². The molecule has 5 heteroatoms. The van der Waals surface area contributed by atoms with Crippen LogP contribution in [0.2, 0.25) is 0 Å². The Bertz CT molecular complexity index is 182. The number of ether oxygens (including phenoxy) is 1. The molecule has 0 heterocycles. The van der Waals surface area contributed by atoms with Gasteiger partial charge in [-0.1, -0.05) is 6.92 Å². The summed E-state index contributed by atoms with van der Waals surface area (Å²) in [5, 5.41) is 0. The number of halogens is 1. The predicted octanol–water partition coefficient (Wildman–Crippen LogP) is 0.666. The average Bonchev–Trinajstić information content (AvgIpc) is 2.00. The number of nitrogens with two attached hydrogens (primary N) is 1. The summed E-state index contributed by atoms with van der Waals surface area (Å²) in [4.78, 5) is 21.9. The number of Topliss-reactive ketones (excluding diaryl/α,β-unsaturated/α-hetero) is 1. The molecule has 0 aliphatic heterocycles. The van der Waals surface area contributed by atoms with Gasteiger partial charge in [0.2, 0.25) is 0 Å². The van der Waals surface area contributed by atoms with Crippen molar-refractivity contribution >= 4 is 24.2 Å². The van der Waals surface area contributed by atoms with Crippen LogP contribution < -0.4 is 5.73 Å². The van der Waals surface area contributed by atoms with E-state index in [-0.39, 0.29) is 30.7 Å². The first-order valence-corrected chi connectivity index (χ1v) is 3.97. The second-order valence-electron chi connectivity index (χ2n) is 2.78. The Kier molecular flexibility index (Phi) is 7.85. The standard InChI is InChI=1S/C8H15NO3.ClH/c1-4-6(10)7(9)8(11)12-5(2)3;/h5,7H,4,9H2,1-3H3;1H. The second kappa shape index (κ2) is 6.86. The van der Waals surface area contributed by atoms with Gasteiger partial charge >= 0.3 is 5.97 Å². The summed E-state index contributed by atoms with van der Waals surface area (Å²) in [5.41, 5.74) is 5.30. The zero-order chi connectivity index (χ0) is 9.72. The lowest BCUT2D eigenvalue weighted by Gasteiger charge is -2.11. The SMILES string of the molecule is CCC(=O)C(N)C(=O)OC(C)C.Cl. The molecule has 0 spiro atoms. The summed E-state index contributed by atoms with van der Waals surface area (Å²) >= 11 is 0. The molecular weight excluding hydrogens is 194 g/mol. The van der Waals surface area contributed by atoms with Crippen molar-refractivity contribution in [2.24, 2.45) is 5.73 Å². The number of carbonyl (C=O) groups is 2. The van der Waals surface area contributed by atoms with E-state index in [4.69, 9.17) is 10.5 Å². The molecule has 0 aliphatic rings. The van der Waals surface area contributed by atoms with Crippen LogP contribution in [-0.4, -0.2) is 23.9 Å². The van der Waals surface area contributed by atoms with Crippen LogP contribution in [0.15, 0.2) is 0 Å². The molecule has 0 aromatic rings. The Morgan fingerprint density at radius 3 is 2.15 bits per heavy atom. The summed E-state index contributed by atoms with van der Waals surface area (Å²) in [6.45, 7) is 5.08. The van der Waals surface area contributed by atoms with Crippen LogP contribution in [0.4, 0.5) is 0 Å². The van der Waals surface area contributed by atoms with Crippen molar-refractivity contribution in [2.45, 2.75) is 39.3 Å². The predicted molar refractivity (Wildman–Crippen MR) is 51.7 cm³/mol. The number of esters is 1. The molecule has 0 radical (unpaired) electrons. The van der Waals surface area contributed by atoms with E-state index in [1.165, 1.54) is 0 Å². The Morgan fingerprint density at radius 1 is 1.38 bits per heavy atom. The lowest BCUT2D eigenvalue weighted by Crippen LogP contribution is -2.40. The van der Waals surface area contributed by atoms with Gasteiger partial charge in [-0.15, -0.1) is 12.4 Å². The number of hydrogen-bond acceptors (Lipinski definition) is 4. The lowest BCUT2D eigenvalue weighted by atomic mass is 10.1. The number of hydrogen-bond donors (Lipinski definition) is 1. The number of rotatable bonds is 4. The highest BCUT2D eigenvalue weighted by atomic mass is 35.5. The van der Waals surface area contributed by atoms with Gasteiger partial charge in [0.1, 0.15) is 0 Å². The van der Waals surface area contributed by atoms with Gasteiger partial charge in [0, 0.05) is 6.42 Å². The monoisotopic (exact) mass is 209 g/mol. The maximum absolute atomic E-state index is 11.0. The molecular formula is C8H16ClNO3. The van der Waals surface area contributed by atoms with E-state index in [9.17, 15) is 9.59 Å². The zero-order valence-corrected chi connectivity index (χ0v) is 8.89. The summed E-state index contributed by atoms with van der Waals surface area (Å²) in [6.07, 6.45) is 0.0298. The van der Waals surface area contributed by atoms with Crippen LogP contribution in [0.5, 0.6) is 0 Å². The molecule has 1 atom stereocenters. The van der Waals surface area contributed by atoms with Gasteiger partial charge in [-0.25, -0.2) is 4.79 Å². The highest BCUT2D eigenvalue weighted by Gasteiger charge is 2.22. The summed E-state index contributed by atoms with van der Waals surface area (Å²) in [7, 11) is 0. The smallest absolute Gasteiger partial charge is 0.330 e. The molecule has 0 amide bonds. The molecule has 1 unspecified atom stereocenters. The normalized spacial score (nSPS) is 11.8. The van der Waals surface area contributed by atoms with Crippen molar-refractivity contribution in [2.75, 3.05) is 0 Å². The average molecular weight is 210 g/mol. The highest BCUT2D eigenvalue weighted by Crippen LogP contribution is 1.95. The van der Waals surface area contributed by atoms with Gasteiger partial charge < -0.3 is 10.5 Å². The zero-order valence-electron chi connectivity index (χ0n) is 8.07. The minimum Gasteiger partial charge on any atom is -0.461 e. The van der Waals surface area contributed by atoms with E-state index in [1.807, 2.05) is 0 Å². The molecule has 4 nitrogen and oxygen atoms in total. The second-order valence-corrected chi connectivity index (χ2v) is 2.78. The first kappa shape index (κ1) is 14.9. The van der Waals surface area contributed by atoms with E-state index in [2.05, 4.69) is 0 Å². The molecule has 0 saturated heterocycles. The molecule has 78 valence electrons. The van der Waals surface area contributed by atoms with Crippen molar-refractivity contribution in [3.8, 4) is 0 Å². The summed E-state index contributed by atoms with van der Waals surface area (Å²) in [6, 6.07) is -1.11. The fraction of sp³-hybridized carbons (Fsp3) is 0.750. The molecule has 0 saturated carbocycles. The van der Waals surface area contributed by atoms with Crippen LogP contribution in [0.1, 0.15) is 27.2 Å². The third kappa shape index (κ3) is 5.60. The van der Waals surface area contributed by atoms with Crippen molar-refractivity contribution in [1.29, 1.82) is 0 Å². The largest absolute Gasteiger partial charge is 0.461 e. The van der Waals surface area contributed by atoms with Gasteiger partial charge in [-0.3, -0.25) is 4.79 Å². The van der Waals surface area contributed by atoms with Gasteiger partial charge in [-0.2, -0.15) is 0 Å². The molecule has 0 aromatic heterocycles. The first-order chi connectivity index (χ1) is 5.49. The topological polar surface area (TPSA) is 69.4 Å². The van der Waals surface area contributed by atoms with Gasteiger partial charge in [0.05, 0.1) is 6.10 Å². The highest BCUT2D eigenvalue weighted by molar-refractivity contribution is 6.02. The minimum atomic E-state index is -1.11. The van der Waals surface area contributed by atoms with Crippen molar-refractivity contribution in [3.63, 3.8) is 0 Å². The molecule has 13 heavy (non-hydrogen) atoms. The third-order valence-corrected chi connectivity index (χ3v) is 1.30. The Labute approximate surface area is 84.2 Å². The first-order valence-electron chi connectivity index (χ1n) is 3.97. The molecule has 0 fully saturated rings. The molecule has 0 aromatic carbocycles. The molecule has 0 aliphatic carbocycles. The number of ketones is 1. The van der Waals surface area contributed by atoms with Crippen molar-refractivity contribution in [3.05, 3.63) is 0 Å². The van der Waals surface area contributed by atoms with Crippen LogP contribution in [0.3, 0.4) is 0 Å². The maximum atomic E-state index is 11.0. The molecule has 0 bridgehead atoms. The summed E-state index contributed by atoms with van der Waals surface area (Å²) in [5.74, 6) is -0.933. The van der Waals surface area contributed by atoms with Crippen LogP contribution in [0.25, 0.3) is 0 Å². The Hall–Kier alpha value is -0.610. The van der Waals surface area contributed by atoms with Gasteiger partial charge in [0.25, 0.3) is 0 Å². The fourth-order valence-corrected chi connectivity index (χ4v) is 0.657. The quantitative estimate of drug-likeness (QED) is 0.546. The van der Waals surface area contributed by atoms with Crippen molar-refractivity contribution in [1.82, 2.24) is 0 Å². The minimum absolute atomic E-state index is 0. The Morgan fingerprint density at radius 2 is 1.85 bits per heavy atom. The van der Waals surface area contributed by atoms with Crippen LogP contribution in [0, 0.1) is 0 Å². The third-order valence-electron chi connectivity index (χ3n) is 1.30. The van der Waals surface area contributed by atoms with Crippen LogP contribution >= 0.6 is 12.4 Å². The number of carbonyl (C=O) groups excluding carboxylic acids is 2. The molecule has 2 N–H and O–H groups in total. The van der Waals surface area contributed by atoms with E-state index < -0.39 is 12.0 Å². The van der Waals surface area contributed by atoms with E-state index in [1.54, 1.807) is 20.8 Å². The Balaban J connectivity index is 0. The van der Waals surface area contributed by atoms with E-state index >= 15 is 0 Å². The fourth-order valence-electron chi connectivity index (χ4n) is 0.657. The van der Waals surface area contributed by atoms with Gasteiger partial charge in [-0.05, 0) is 13.8 Å². The summed E-state index contributed by atoms with van der Waals surface area (Å²) < 4.78 is 4.75. The lowest BCUT2D eigenvalue weighted by molar-refractivity contribution is -0.151. The molecule has 0 rings (SSSR count). The maximum Gasteiger partial charge on any atom is 0.330 e. The van der Waals surface area contributed by atoms with Gasteiger partial charge in [0.15, 0.2) is 11.8 Å².